The fourth-order valence-corrected chi connectivity index (χ4v) is 4.49. The third-order valence-electron chi connectivity index (χ3n) is 6.12. The maximum absolute atomic E-state index is 13.1. The fourth-order valence-electron chi connectivity index (χ4n) is 4.49. The van der Waals surface area contributed by atoms with Crippen molar-refractivity contribution in [3.05, 3.63) is 30.2 Å². The SMILES string of the molecule is CN(C)c1nc([C@]2(C)CCCN(C(=O)C3CCOCC3)C2)cn2cccc12. The minimum atomic E-state index is -0.123. The van der Waals surface area contributed by atoms with Crippen LogP contribution in [0.3, 0.4) is 0 Å². The molecule has 6 nitrogen and oxygen atoms in total. The summed E-state index contributed by atoms with van der Waals surface area (Å²) in [6, 6.07) is 4.15. The van der Waals surface area contributed by atoms with Gasteiger partial charge in [0.15, 0.2) is 5.82 Å². The molecule has 1 atom stereocenters. The van der Waals surface area contributed by atoms with Crippen LogP contribution in [-0.4, -0.2) is 60.6 Å². The average molecular weight is 370 g/mol. The highest BCUT2D eigenvalue weighted by Crippen LogP contribution is 2.35. The van der Waals surface area contributed by atoms with Gasteiger partial charge in [0, 0.05) is 64.1 Å². The number of carbonyl (C=O) groups is 1. The number of carbonyl (C=O) groups excluding carboxylic acids is 1. The maximum Gasteiger partial charge on any atom is 0.225 e. The molecule has 4 heterocycles. The van der Waals surface area contributed by atoms with Crippen molar-refractivity contribution < 1.29 is 9.53 Å². The van der Waals surface area contributed by atoms with Gasteiger partial charge in [-0.3, -0.25) is 4.79 Å². The van der Waals surface area contributed by atoms with E-state index in [9.17, 15) is 4.79 Å². The van der Waals surface area contributed by atoms with Gasteiger partial charge in [0.2, 0.25) is 5.91 Å². The smallest absolute Gasteiger partial charge is 0.225 e. The zero-order chi connectivity index (χ0) is 19.0. The van der Waals surface area contributed by atoms with Crippen molar-refractivity contribution in [2.45, 2.75) is 38.0 Å². The van der Waals surface area contributed by atoms with Crippen LogP contribution in [0.4, 0.5) is 5.82 Å². The molecule has 0 saturated carbocycles. The van der Waals surface area contributed by atoms with Crippen LogP contribution in [0.1, 0.15) is 38.3 Å². The van der Waals surface area contributed by atoms with Gasteiger partial charge in [-0.15, -0.1) is 0 Å². The Balaban J connectivity index is 1.62. The number of hydrogen-bond donors (Lipinski definition) is 0. The Bertz CT molecular complexity index is 825. The summed E-state index contributed by atoms with van der Waals surface area (Å²) < 4.78 is 7.58. The first kappa shape index (κ1) is 18.3. The molecule has 2 aliphatic heterocycles. The topological polar surface area (TPSA) is 50.1 Å². The minimum Gasteiger partial charge on any atom is -0.381 e. The summed E-state index contributed by atoms with van der Waals surface area (Å²) in [5.74, 6) is 1.41. The predicted molar refractivity (Wildman–Crippen MR) is 106 cm³/mol. The number of hydrogen-bond acceptors (Lipinski definition) is 4. The third-order valence-corrected chi connectivity index (χ3v) is 6.12. The summed E-state index contributed by atoms with van der Waals surface area (Å²) in [6.07, 6.45) is 8.00. The molecule has 0 unspecified atom stereocenters. The van der Waals surface area contributed by atoms with Crippen molar-refractivity contribution in [2.75, 3.05) is 45.3 Å². The number of nitrogens with zero attached hydrogens (tertiary/aromatic N) is 4. The number of fused-ring (bicyclic) bond motifs is 1. The van der Waals surface area contributed by atoms with E-state index < -0.39 is 0 Å². The fraction of sp³-hybridized carbons (Fsp3) is 0.619. The summed E-state index contributed by atoms with van der Waals surface area (Å²) in [7, 11) is 4.06. The summed E-state index contributed by atoms with van der Waals surface area (Å²) in [5, 5.41) is 0. The largest absolute Gasteiger partial charge is 0.381 e. The molecule has 2 saturated heterocycles. The molecule has 27 heavy (non-hydrogen) atoms. The second kappa shape index (κ2) is 7.15. The van der Waals surface area contributed by atoms with E-state index in [0.29, 0.717) is 19.1 Å². The monoisotopic (exact) mass is 370 g/mol. The number of anilines is 1. The Kier molecular flexibility index (Phi) is 4.84. The van der Waals surface area contributed by atoms with Gasteiger partial charge in [0.05, 0.1) is 11.2 Å². The number of piperidine rings is 1. The summed E-state index contributed by atoms with van der Waals surface area (Å²) >= 11 is 0. The maximum atomic E-state index is 13.1. The highest BCUT2D eigenvalue weighted by atomic mass is 16.5. The van der Waals surface area contributed by atoms with Crippen LogP contribution >= 0.6 is 0 Å². The van der Waals surface area contributed by atoms with Crippen LogP contribution in [0.25, 0.3) is 5.52 Å². The lowest BCUT2D eigenvalue weighted by Crippen LogP contribution is -2.50. The lowest BCUT2D eigenvalue weighted by atomic mass is 9.78. The van der Waals surface area contributed by atoms with Gasteiger partial charge in [-0.1, -0.05) is 6.92 Å². The Morgan fingerprint density at radius 1 is 1.33 bits per heavy atom. The highest BCUT2D eigenvalue weighted by molar-refractivity contribution is 5.79. The van der Waals surface area contributed by atoms with Gasteiger partial charge >= 0.3 is 0 Å². The molecule has 2 aromatic rings. The number of aromatic nitrogens is 2. The Hall–Kier alpha value is -2.08. The van der Waals surface area contributed by atoms with E-state index in [0.717, 1.165) is 55.8 Å². The molecule has 0 radical (unpaired) electrons. The lowest BCUT2D eigenvalue weighted by molar-refractivity contribution is -0.140. The Morgan fingerprint density at radius 2 is 2.11 bits per heavy atom. The molecule has 2 fully saturated rings. The molecule has 2 aromatic heterocycles. The van der Waals surface area contributed by atoms with Crippen molar-refractivity contribution in [3.8, 4) is 0 Å². The molecule has 0 bridgehead atoms. The van der Waals surface area contributed by atoms with Crippen LogP contribution in [0.5, 0.6) is 0 Å². The average Bonchev–Trinajstić information content (AvgIpc) is 3.16. The molecule has 0 aliphatic carbocycles. The quantitative estimate of drug-likeness (QED) is 0.834. The van der Waals surface area contributed by atoms with Gasteiger partial charge in [-0.2, -0.15) is 0 Å². The molecule has 0 N–H and O–H groups in total. The van der Waals surface area contributed by atoms with Crippen LogP contribution in [-0.2, 0) is 14.9 Å². The van der Waals surface area contributed by atoms with E-state index in [-0.39, 0.29) is 11.3 Å². The number of amides is 1. The van der Waals surface area contributed by atoms with E-state index in [2.05, 4.69) is 45.7 Å². The molecule has 1 amide bonds. The Labute approximate surface area is 161 Å². The van der Waals surface area contributed by atoms with Crippen molar-refractivity contribution >= 4 is 17.2 Å². The van der Waals surface area contributed by atoms with Gasteiger partial charge in [0.1, 0.15) is 0 Å². The minimum absolute atomic E-state index is 0.123. The molecule has 0 aromatic carbocycles. The van der Waals surface area contributed by atoms with Crippen LogP contribution < -0.4 is 4.90 Å². The standard InChI is InChI=1S/C21H30N4O2/c1-21(18-14-24-10-4-6-17(24)19(22-18)23(2)3)9-5-11-25(15-21)20(26)16-7-12-27-13-8-16/h4,6,10,14,16H,5,7-9,11-13,15H2,1-3H3/t21-/m1/s1. The van der Waals surface area contributed by atoms with Gasteiger partial charge in [-0.25, -0.2) is 4.98 Å². The summed E-state index contributed by atoms with van der Waals surface area (Å²) in [6.45, 7) is 5.28. The molecule has 4 rings (SSSR count). The lowest BCUT2D eigenvalue weighted by Gasteiger charge is -2.42. The van der Waals surface area contributed by atoms with Crippen molar-refractivity contribution in [1.82, 2.24) is 14.3 Å². The van der Waals surface area contributed by atoms with Crippen LogP contribution in [0.2, 0.25) is 0 Å². The first-order chi connectivity index (χ1) is 13.0. The number of likely N-dealkylation sites (tertiary alicyclic amines) is 1. The van der Waals surface area contributed by atoms with E-state index in [1.165, 1.54) is 0 Å². The Morgan fingerprint density at radius 3 is 2.85 bits per heavy atom. The van der Waals surface area contributed by atoms with E-state index in [4.69, 9.17) is 9.72 Å². The first-order valence-corrected chi connectivity index (χ1v) is 10.00. The molecule has 146 valence electrons. The summed E-state index contributed by atoms with van der Waals surface area (Å²) in [4.78, 5) is 22.2. The van der Waals surface area contributed by atoms with Crippen molar-refractivity contribution in [1.29, 1.82) is 0 Å². The highest BCUT2D eigenvalue weighted by Gasteiger charge is 2.38. The molecule has 6 heteroatoms. The molecular formula is C21H30N4O2. The molecule has 0 spiro atoms. The van der Waals surface area contributed by atoms with Crippen LogP contribution in [0.15, 0.2) is 24.5 Å². The summed E-state index contributed by atoms with van der Waals surface area (Å²) in [5.41, 5.74) is 2.06. The number of rotatable bonds is 3. The normalized spacial score (nSPS) is 24.3. The second-order valence-corrected chi connectivity index (χ2v) is 8.46. The number of ether oxygens (including phenoxy) is 1. The van der Waals surface area contributed by atoms with E-state index in [1.807, 2.05) is 14.1 Å². The zero-order valence-corrected chi connectivity index (χ0v) is 16.6. The zero-order valence-electron chi connectivity index (χ0n) is 16.6. The van der Waals surface area contributed by atoms with Crippen LogP contribution in [0, 0.1) is 5.92 Å². The van der Waals surface area contributed by atoms with E-state index >= 15 is 0 Å². The van der Waals surface area contributed by atoms with Crippen molar-refractivity contribution in [2.24, 2.45) is 5.92 Å². The van der Waals surface area contributed by atoms with Gasteiger partial charge in [0.25, 0.3) is 0 Å². The van der Waals surface area contributed by atoms with Crippen molar-refractivity contribution in [3.63, 3.8) is 0 Å². The third kappa shape index (κ3) is 3.43. The van der Waals surface area contributed by atoms with Gasteiger partial charge < -0.3 is 18.9 Å². The predicted octanol–water partition coefficient (Wildman–Crippen LogP) is 2.71. The molecular weight excluding hydrogens is 340 g/mol. The second-order valence-electron chi connectivity index (χ2n) is 8.46. The first-order valence-electron chi connectivity index (χ1n) is 10.00. The van der Waals surface area contributed by atoms with Gasteiger partial charge in [-0.05, 0) is 37.8 Å². The van der Waals surface area contributed by atoms with E-state index in [1.54, 1.807) is 0 Å². The molecule has 2 aliphatic rings.